The lowest BCUT2D eigenvalue weighted by atomic mass is 10.0. The van der Waals surface area contributed by atoms with Gasteiger partial charge in [-0.15, -0.1) is 0 Å². The molecular formula is C11H24N2. The van der Waals surface area contributed by atoms with E-state index in [4.69, 9.17) is 0 Å². The van der Waals surface area contributed by atoms with Gasteiger partial charge in [0.25, 0.3) is 0 Å². The van der Waals surface area contributed by atoms with Crippen molar-refractivity contribution in [1.82, 2.24) is 9.80 Å². The van der Waals surface area contributed by atoms with Gasteiger partial charge in [0.1, 0.15) is 0 Å². The largest absolute Gasteiger partial charge is 0.305 e. The van der Waals surface area contributed by atoms with Gasteiger partial charge in [-0.1, -0.05) is 0 Å². The highest BCUT2D eigenvalue weighted by molar-refractivity contribution is 4.84. The van der Waals surface area contributed by atoms with Gasteiger partial charge in [-0.2, -0.15) is 0 Å². The molecule has 1 aliphatic heterocycles. The van der Waals surface area contributed by atoms with Crippen LogP contribution in [0.3, 0.4) is 0 Å². The summed E-state index contributed by atoms with van der Waals surface area (Å²) in [5.74, 6) is 0. The lowest BCUT2D eigenvalue weighted by Crippen LogP contribution is -2.47. The van der Waals surface area contributed by atoms with E-state index in [1.165, 1.54) is 26.1 Å². The molecule has 13 heavy (non-hydrogen) atoms. The molecule has 1 unspecified atom stereocenters. The summed E-state index contributed by atoms with van der Waals surface area (Å²) in [7, 11) is 2.22. The van der Waals surface area contributed by atoms with E-state index in [0.29, 0.717) is 5.54 Å². The maximum absolute atomic E-state index is 2.62. The molecule has 2 nitrogen and oxygen atoms in total. The lowest BCUT2D eigenvalue weighted by Gasteiger charge is -2.39. The van der Waals surface area contributed by atoms with Crippen LogP contribution in [-0.4, -0.2) is 48.1 Å². The highest BCUT2D eigenvalue weighted by atomic mass is 15.3. The molecule has 0 aliphatic carbocycles. The fraction of sp³-hybridized carbons (Fsp3) is 1.00. The lowest BCUT2D eigenvalue weighted by molar-refractivity contribution is 0.0967. The van der Waals surface area contributed by atoms with E-state index in [9.17, 15) is 0 Å². The molecule has 1 saturated heterocycles. The van der Waals surface area contributed by atoms with E-state index >= 15 is 0 Å². The molecule has 78 valence electrons. The van der Waals surface area contributed by atoms with Gasteiger partial charge in [-0.05, 0) is 47.7 Å². The minimum Gasteiger partial charge on any atom is -0.305 e. The Morgan fingerprint density at radius 2 is 1.69 bits per heavy atom. The van der Waals surface area contributed by atoms with Gasteiger partial charge in [0.15, 0.2) is 0 Å². The van der Waals surface area contributed by atoms with Gasteiger partial charge < -0.3 is 4.90 Å². The molecule has 0 aromatic heterocycles. The van der Waals surface area contributed by atoms with Crippen molar-refractivity contribution in [2.75, 3.05) is 26.7 Å². The van der Waals surface area contributed by atoms with Crippen molar-refractivity contribution in [2.45, 2.75) is 45.7 Å². The Bertz CT molecular complexity index is 160. The third-order valence-electron chi connectivity index (χ3n) is 3.04. The number of nitrogens with zero attached hydrogens (tertiary/aromatic N) is 2. The average molecular weight is 184 g/mol. The fourth-order valence-electron chi connectivity index (χ4n) is 2.17. The van der Waals surface area contributed by atoms with Crippen LogP contribution < -0.4 is 0 Å². The first-order valence-corrected chi connectivity index (χ1v) is 5.36. The molecule has 2 heteroatoms. The molecule has 1 rings (SSSR count). The van der Waals surface area contributed by atoms with Gasteiger partial charge in [-0.3, -0.25) is 4.90 Å². The second-order valence-corrected chi connectivity index (χ2v) is 5.31. The molecule has 0 radical (unpaired) electrons. The van der Waals surface area contributed by atoms with E-state index in [1.807, 2.05) is 0 Å². The van der Waals surface area contributed by atoms with Crippen molar-refractivity contribution in [2.24, 2.45) is 0 Å². The fourth-order valence-corrected chi connectivity index (χ4v) is 2.17. The van der Waals surface area contributed by atoms with Gasteiger partial charge in [0.2, 0.25) is 0 Å². The number of likely N-dealkylation sites (N-methyl/N-ethyl adjacent to an activating group) is 1. The summed E-state index contributed by atoms with van der Waals surface area (Å²) in [6, 6.07) is 0.727. The Morgan fingerprint density at radius 1 is 1.08 bits per heavy atom. The zero-order valence-electron chi connectivity index (χ0n) is 9.80. The Balaban J connectivity index is 2.62. The van der Waals surface area contributed by atoms with Gasteiger partial charge in [-0.25, -0.2) is 0 Å². The summed E-state index contributed by atoms with van der Waals surface area (Å²) in [5.41, 5.74) is 0.324. The number of hydrogen-bond acceptors (Lipinski definition) is 2. The average Bonchev–Trinajstić information content (AvgIpc) is 2.12. The van der Waals surface area contributed by atoms with Crippen molar-refractivity contribution in [3.8, 4) is 0 Å². The van der Waals surface area contributed by atoms with Crippen LogP contribution in [0, 0.1) is 0 Å². The Hall–Kier alpha value is -0.0800. The first-order valence-electron chi connectivity index (χ1n) is 5.36. The van der Waals surface area contributed by atoms with Gasteiger partial charge in [0, 0.05) is 24.7 Å². The van der Waals surface area contributed by atoms with Gasteiger partial charge in [0.05, 0.1) is 0 Å². The molecule has 0 saturated carbocycles. The van der Waals surface area contributed by atoms with E-state index in [-0.39, 0.29) is 0 Å². The molecule has 0 aromatic carbocycles. The highest BCUT2D eigenvalue weighted by Crippen LogP contribution is 2.20. The highest BCUT2D eigenvalue weighted by Gasteiger charge is 2.27. The van der Waals surface area contributed by atoms with Crippen LogP contribution in [0.5, 0.6) is 0 Å². The SMILES string of the molecule is CC1CCN(C)CCN1C(C)(C)C. The third-order valence-corrected chi connectivity index (χ3v) is 3.04. The molecule has 0 aromatic rings. The van der Waals surface area contributed by atoms with Crippen LogP contribution in [0.4, 0.5) is 0 Å². The standard InChI is InChI=1S/C11H24N2/c1-10-6-7-12(5)8-9-13(10)11(2,3)4/h10H,6-9H2,1-5H3. The van der Waals surface area contributed by atoms with Crippen LogP contribution in [-0.2, 0) is 0 Å². The molecular weight excluding hydrogens is 160 g/mol. The quantitative estimate of drug-likeness (QED) is 0.566. The number of rotatable bonds is 0. The van der Waals surface area contributed by atoms with Crippen molar-refractivity contribution >= 4 is 0 Å². The van der Waals surface area contributed by atoms with E-state index in [2.05, 4.69) is 44.5 Å². The first kappa shape index (κ1) is 11.0. The van der Waals surface area contributed by atoms with Crippen LogP contribution in [0.15, 0.2) is 0 Å². The summed E-state index contributed by atoms with van der Waals surface area (Å²) in [6.45, 7) is 13.0. The van der Waals surface area contributed by atoms with E-state index in [0.717, 1.165) is 6.04 Å². The molecule has 1 fully saturated rings. The monoisotopic (exact) mass is 184 g/mol. The Kier molecular flexibility index (Phi) is 3.36. The zero-order chi connectivity index (χ0) is 10.1. The molecule has 0 bridgehead atoms. The van der Waals surface area contributed by atoms with E-state index < -0.39 is 0 Å². The number of hydrogen-bond donors (Lipinski definition) is 0. The topological polar surface area (TPSA) is 6.48 Å². The summed E-state index contributed by atoms with van der Waals surface area (Å²) in [6.07, 6.45) is 1.30. The van der Waals surface area contributed by atoms with Crippen LogP contribution in [0.2, 0.25) is 0 Å². The second-order valence-electron chi connectivity index (χ2n) is 5.31. The van der Waals surface area contributed by atoms with Crippen molar-refractivity contribution in [3.05, 3.63) is 0 Å². The minimum atomic E-state index is 0.324. The minimum absolute atomic E-state index is 0.324. The smallest absolute Gasteiger partial charge is 0.0128 e. The maximum Gasteiger partial charge on any atom is 0.0128 e. The molecule has 1 atom stereocenters. The summed E-state index contributed by atoms with van der Waals surface area (Å²) in [4.78, 5) is 5.05. The summed E-state index contributed by atoms with van der Waals surface area (Å²) in [5, 5.41) is 0. The molecule has 0 amide bonds. The summed E-state index contributed by atoms with van der Waals surface area (Å²) < 4.78 is 0. The molecule has 1 heterocycles. The van der Waals surface area contributed by atoms with Crippen molar-refractivity contribution in [1.29, 1.82) is 0 Å². The second kappa shape index (κ2) is 3.97. The van der Waals surface area contributed by atoms with E-state index in [1.54, 1.807) is 0 Å². The van der Waals surface area contributed by atoms with Crippen molar-refractivity contribution < 1.29 is 0 Å². The van der Waals surface area contributed by atoms with Crippen LogP contribution in [0.1, 0.15) is 34.1 Å². The Labute approximate surface area is 82.9 Å². The Morgan fingerprint density at radius 3 is 2.23 bits per heavy atom. The summed E-state index contributed by atoms with van der Waals surface area (Å²) >= 11 is 0. The predicted octanol–water partition coefficient (Wildman–Crippen LogP) is 1.81. The zero-order valence-corrected chi connectivity index (χ0v) is 9.80. The van der Waals surface area contributed by atoms with Crippen LogP contribution >= 0.6 is 0 Å². The molecule has 0 spiro atoms. The van der Waals surface area contributed by atoms with Crippen LogP contribution in [0.25, 0.3) is 0 Å². The molecule has 0 N–H and O–H groups in total. The normalized spacial score (nSPS) is 28.8. The first-order chi connectivity index (χ1) is 5.91. The predicted molar refractivity (Wildman–Crippen MR) is 58.0 cm³/mol. The van der Waals surface area contributed by atoms with Crippen molar-refractivity contribution in [3.63, 3.8) is 0 Å². The molecule has 1 aliphatic rings. The maximum atomic E-state index is 2.62. The van der Waals surface area contributed by atoms with Gasteiger partial charge >= 0.3 is 0 Å². The third kappa shape index (κ3) is 2.96.